The van der Waals surface area contributed by atoms with E-state index >= 15 is 0 Å². The summed E-state index contributed by atoms with van der Waals surface area (Å²) in [5.41, 5.74) is 2.21. The Morgan fingerprint density at radius 1 is 0.871 bits per heavy atom. The van der Waals surface area contributed by atoms with E-state index in [4.69, 9.17) is 0 Å². The van der Waals surface area contributed by atoms with E-state index in [1.807, 2.05) is 31.2 Å². The lowest BCUT2D eigenvalue weighted by Gasteiger charge is -2.10. The van der Waals surface area contributed by atoms with Crippen molar-refractivity contribution in [1.82, 2.24) is 18.7 Å². The predicted molar refractivity (Wildman–Crippen MR) is 117 cm³/mol. The number of nitrogens with zero attached hydrogens (tertiary/aromatic N) is 4. The summed E-state index contributed by atoms with van der Waals surface area (Å²) in [4.78, 5) is 26.5. The third-order valence-corrected chi connectivity index (χ3v) is 5.42. The summed E-state index contributed by atoms with van der Waals surface area (Å²) in [6.07, 6.45) is 0. The van der Waals surface area contributed by atoms with Crippen molar-refractivity contribution in [2.75, 3.05) is 0 Å². The Bertz CT molecular complexity index is 1540. The van der Waals surface area contributed by atoms with Crippen LogP contribution in [-0.2, 0) is 13.1 Å². The molecule has 0 unspecified atom stereocenters. The summed E-state index contributed by atoms with van der Waals surface area (Å²) in [6, 6.07) is 21.1. The normalized spacial score (nSPS) is 11.4. The van der Waals surface area contributed by atoms with Crippen LogP contribution in [0.1, 0.15) is 16.7 Å². The van der Waals surface area contributed by atoms with E-state index in [-0.39, 0.29) is 24.4 Å². The van der Waals surface area contributed by atoms with Gasteiger partial charge in [0.15, 0.2) is 0 Å². The van der Waals surface area contributed by atoms with Crippen LogP contribution in [0.3, 0.4) is 0 Å². The van der Waals surface area contributed by atoms with Gasteiger partial charge in [-0.3, -0.25) is 9.36 Å². The SMILES string of the molecule is Cc1ccc(Cn2c(=O)c3ccccc3n3c(=O)n(Cc4ccccc4F)nc23)cc1. The van der Waals surface area contributed by atoms with Crippen LogP contribution in [0.25, 0.3) is 16.7 Å². The number of para-hydroxylation sites is 1. The molecule has 2 heterocycles. The molecule has 0 atom stereocenters. The number of halogens is 1. The largest absolute Gasteiger partial charge is 0.352 e. The summed E-state index contributed by atoms with van der Waals surface area (Å²) >= 11 is 0. The zero-order valence-corrected chi connectivity index (χ0v) is 16.8. The van der Waals surface area contributed by atoms with E-state index in [1.54, 1.807) is 42.5 Å². The molecule has 0 radical (unpaired) electrons. The minimum absolute atomic E-state index is 0.0275. The highest BCUT2D eigenvalue weighted by Crippen LogP contribution is 2.14. The highest BCUT2D eigenvalue weighted by molar-refractivity contribution is 5.80. The number of aryl methyl sites for hydroxylation is 1. The molecule has 0 saturated carbocycles. The molecule has 7 heteroatoms. The van der Waals surface area contributed by atoms with Crippen LogP contribution >= 0.6 is 0 Å². The van der Waals surface area contributed by atoms with Crippen molar-refractivity contribution in [2.45, 2.75) is 20.0 Å². The molecule has 0 fully saturated rings. The zero-order chi connectivity index (χ0) is 21.5. The molecular weight excluding hydrogens is 395 g/mol. The number of benzene rings is 3. The van der Waals surface area contributed by atoms with E-state index in [0.29, 0.717) is 16.5 Å². The molecule has 5 rings (SSSR count). The molecule has 0 aliphatic rings. The van der Waals surface area contributed by atoms with Crippen molar-refractivity contribution in [3.8, 4) is 0 Å². The van der Waals surface area contributed by atoms with Crippen LogP contribution in [0, 0.1) is 12.7 Å². The van der Waals surface area contributed by atoms with Gasteiger partial charge >= 0.3 is 5.69 Å². The molecule has 0 N–H and O–H groups in total. The van der Waals surface area contributed by atoms with E-state index < -0.39 is 11.5 Å². The van der Waals surface area contributed by atoms with Crippen LogP contribution in [0.4, 0.5) is 4.39 Å². The summed E-state index contributed by atoms with van der Waals surface area (Å²) in [6.45, 7) is 2.23. The summed E-state index contributed by atoms with van der Waals surface area (Å²) in [5, 5.41) is 4.86. The van der Waals surface area contributed by atoms with Gasteiger partial charge in [0, 0.05) is 5.56 Å². The predicted octanol–water partition coefficient (Wildman–Crippen LogP) is 3.36. The van der Waals surface area contributed by atoms with Crippen molar-refractivity contribution in [1.29, 1.82) is 0 Å². The van der Waals surface area contributed by atoms with Gasteiger partial charge in [0.1, 0.15) is 5.82 Å². The molecule has 5 aromatic rings. The molecule has 2 aromatic heterocycles. The third-order valence-electron chi connectivity index (χ3n) is 5.42. The molecule has 0 bridgehead atoms. The van der Waals surface area contributed by atoms with Gasteiger partial charge in [-0.15, -0.1) is 5.10 Å². The first-order chi connectivity index (χ1) is 15.0. The number of aromatic nitrogens is 4. The fraction of sp³-hybridized carbons (Fsp3) is 0.125. The number of rotatable bonds is 4. The van der Waals surface area contributed by atoms with E-state index in [0.717, 1.165) is 11.1 Å². The highest BCUT2D eigenvalue weighted by Gasteiger charge is 2.18. The van der Waals surface area contributed by atoms with Crippen molar-refractivity contribution in [2.24, 2.45) is 0 Å². The van der Waals surface area contributed by atoms with Gasteiger partial charge in [-0.25, -0.2) is 18.3 Å². The van der Waals surface area contributed by atoms with Gasteiger partial charge < -0.3 is 0 Å². The first-order valence-corrected chi connectivity index (χ1v) is 9.93. The molecule has 154 valence electrons. The lowest BCUT2D eigenvalue weighted by atomic mass is 10.1. The first kappa shape index (κ1) is 19.0. The van der Waals surface area contributed by atoms with Crippen molar-refractivity contribution in [3.63, 3.8) is 0 Å². The maximum absolute atomic E-state index is 14.2. The van der Waals surface area contributed by atoms with Gasteiger partial charge in [0.25, 0.3) is 5.56 Å². The lowest BCUT2D eigenvalue weighted by Crippen LogP contribution is -2.27. The van der Waals surface area contributed by atoms with E-state index in [1.165, 1.54) is 19.7 Å². The molecule has 0 aliphatic heterocycles. The third kappa shape index (κ3) is 3.24. The second-order valence-corrected chi connectivity index (χ2v) is 7.56. The van der Waals surface area contributed by atoms with Crippen LogP contribution in [0.15, 0.2) is 82.4 Å². The minimum Gasteiger partial charge on any atom is -0.272 e. The Morgan fingerprint density at radius 2 is 1.58 bits per heavy atom. The van der Waals surface area contributed by atoms with Crippen LogP contribution in [0.2, 0.25) is 0 Å². The van der Waals surface area contributed by atoms with Gasteiger partial charge in [-0.2, -0.15) is 0 Å². The van der Waals surface area contributed by atoms with E-state index in [9.17, 15) is 14.0 Å². The number of hydrogen-bond acceptors (Lipinski definition) is 3. The fourth-order valence-corrected chi connectivity index (χ4v) is 3.78. The minimum atomic E-state index is -0.424. The standard InChI is InChI=1S/C24H19FN4O2/c1-16-10-12-17(13-11-16)14-27-22(30)19-7-3-5-9-21(19)29-23(27)26-28(24(29)31)15-18-6-2-4-8-20(18)25/h2-13H,14-15H2,1H3. The Morgan fingerprint density at radius 3 is 2.35 bits per heavy atom. The van der Waals surface area contributed by atoms with Crippen molar-refractivity contribution in [3.05, 3.63) is 116 Å². The molecule has 31 heavy (non-hydrogen) atoms. The van der Waals surface area contributed by atoms with Crippen molar-refractivity contribution >= 4 is 16.7 Å². The Labute approximate surface area is 176 Å². The second-order valence-electron chi connectivity index (χ2n) is 7.56. The molecular formula is C24H19FN4O2. The maximum atomic E-state index is 14.2. The topological polar surface area (TPSA) is 61.3 Å². The van der Waals surface area contributed by atoms with Crippen LogP contribution in [0.5, 0.6) is 0 Å². The Hall–Kier alpha value is -4.00. The highest BCUT2D eigenvalue weighted by atomic mass is 19.1. The molecule has 0 aliphatic carbocycles. The lowest BCUT2D eigenvalue weighted by molar-refractivity contribution is 0.577. The number of hydrogen-bond donors (Lipinski definition) is 0. The second kappa shape index (κ2) is 7.36. The van der Waals surface area contributed by atoms with Gasteiger partial charge in [0.2, 0.25) is 5.78 Å². The smallest absolute Gasteiger partial charge is 0.272 e. The van der Waals surface area contributed by atoms with Gasteiger partial charge in [-0.05, 0) is 30.7 Å². The molecule has 3 aromatic carbocycles. The van der Waals surface area contributed by atoms with Gasteiger partial charge in [-0.1, -0.05) is 60.2 Å². The number of fused-ring (bicyclic) bond motifs is 3. The average molecular weight is 414 g/mol. The molecule has 0 saturated heterocycles. The van der Waals surface area contributed by atoms with E-state index in [2.05, 4.69) is 5.10 Å². The van der Waals surface area contributed by atoms with Crippen molar-refractivity contribution < 1.29 is 4.39 Å². The van der Waals surface area contributed by atoms with Gasteiger partial charge in [0.05, 0.1) is 24.0 Å². The average Bonchev–Trinajstić information content (AvgIpc) is 3.10. The molecule has 0 spiro atoms. The molecule has 6 nitrogen and oxygen atoms in total. The monoisotopic (exact) mass is 414 g/mol. The Kier molecular flexibility index (Phi) is 4.51. The summed E-state index contributed by atoms with van der Waals surface area (Å²) in [7, 11) is 0. The first-order valence-electron chi connectivity index (χ1n) is 9.93. The fourth-order valence-electron chi connectivity index (χ4n) is 3.78. The quantitative estimate of drug-likeness (QED) is 0.453. The van der Waals surface area contributed by atoms with Crippen LogP contribution < -0.4 is 11.2 Å². The maximum Gasteiger partial charge on any atom is 0.352 e. The zero-order valence-electron chi connectivity index (χ0n) is 16.8. The Balaban J connectivity index is 1.76. The van der Waals surface area contributed by atoms with Crippen LogP contribution in [-0.4, -0.2) is 18.7 Å². The summed E-state index contributed by atoms with van der Waals surface area (Å²) < 4.78 is 18.3. The molecule has 0 amide bonds. The summed E-state index contributed by atoms with van der Waals surface area (Å²) in [5.74, 6) is -0.182.